The summed E-state index contributed by atoms with van der Waals surface area (Å²) < 4.78 is 5.35. The van der Waals surface area contributed by atoms with E-state index in [1.54, 1.807) is 13.3 Å². The molecule has 0 atom stereocenters. The first-order valence-corrected chi connectivity index (χ1v) is 7.27. The Balaban J connectivity index is 1.69. The minimum atomic E-state index is 0.383. The van der Waals surface area contributed by atoms with E-state index >= 15 is 0 Å². The molecular formula is C15H23N3O. The van der Waals surface area contributed by atoms with Gasteiger partial charge in [0.2, 0.25) is 5.88 Å². The second-order valence-corrected chi connectivity index (χ2v) is 5.80. The van der Waals surface area contributed by atoms with Gasteiger partial charge < -0.3 is 10.1 Å². The minimum absolute atomic E-state index is 0.383. The van der Waals surface area contributed by atoms with Gasteiger partial charge in [0.1, 0.15) is 0 Å². The molecule has 1 N–H and O–H groups in total. The number of pyridine rings is 1. The lowest BCUT2D eigenvalue weighted by atomic mass is 9.94. The molecule has 4 heteroatoms. The zero-order chi connectivity index (χ0) is 13.1. The predicted octanol–water partition coefficient (Wildman–Crippen LogP) is 1.81. The van der Waals surface area contributed by atoms with Gasteiger partial charge in [0.05, 0.1) is 7.11 Å². The topological polar surface area (TPSA) is 37.4 Å². The van der Waals surface area contributed by atoms with Gasteiger partial charge in [0, 0.05) is 43.5 Å². The van der Waals surface area contributed by atoms with E-state index in [0.29, 0.717) is 5.54 Å². The van der Waals surface area contributed by atoms with Crippen molar-refractivity contribution in [3.05, 3.63) is 23.9 Å². The monoisotopic (exact) mass is 261 g/mol. The van der Waals surface area contributed by atoms with Crippen molar-refractivity contribution in [2.24, 2.45) is 0 Å². The Kier molecular flexibility index (Phi) is 3.71. The molecule has 2 heterocycles. The van der Waals surface area contributed by atoms with Crippen LogP contribution in [0.2, 0.25) is 0 Å². The maximum absolute atomic E-state index is 5.35. The van der Waals surface area contributed by atoms with Crippen LogP contribution in [0.25, 0.3) is 0 Å². The molecule has 1 aliphatic carbocycles. The van der Waals surface area contributed by atoms with E-state index in [9.17, 15) is 0 Å². The summed E-state index contributed by atoms with van der Waals surface area (Å²) >= 11 is 0. The SMILES string of the molecule is COc1ncccc1CN1CCNC2(CCCC2)C1. The first kappa shape index (κ1) is 12.9. The van der Waals surface area contributed by atoms with Gasteiger partial charge in [-0.05, 0) is 18.9 Å². The van der Waals surface area contributed by atoms with Gasteiger partial charge in [-0.2, -0.15) is 0 Å². The lowest BCUT2D eigenvalue weighted by molar-refractivity contribution is 0.127. The average Bonchev–Trinajstić information content (AvgIpc) is 2.87. The number of nitrogens with zero attached hydrogens (tertiary/aromatic N) is 2. The highest BCUT2D eigenvalue weighted by Crippen LogP contribution is 2.32. The molecule has 1 aromatic rings. The number of hydrogen-bond donors (Lipinski definition) is 1. The molecule has 0 radical (unpaired) electrons. The number of methoxy groups -OCH3 is 1. The minimum Gasteiger partial charge on any atom is -0.481 e. The quantitative estimate of drug-likeness (QED) is 0.900. The number of piperazine rings is 1. The predicted molar refractivity (Wildman–Crippen MR) is 75.3 cm³/mol. The van der Waals surface area contributed by atoms with Crippen molar-refractivity contribution in [2.75, 3.05) is 26.7 Å². The maximum atomic E-state index is 5.35. The van der Waals surface area contributed by atoms with Gasteiger partial charge in [0.25, 0.3) is 0 Å². The average molecular weight is 261 g/mol. The van der Waals surface area contributed by atoms with Crippen molar-refractivity contribution in [3.63, 3.8) is 0 Å². The highest BCUT2D eigenvalue weighted by Gasteiger charge is 2.37. The maximum Gasteiger partial charge on any atom is 0.217 e. The molecule has 1 aromatic heterocycles. The lowest BCUT2D eigenvalue weighted by Gasteiger charge is -2.41. The van der Waals surface area contributed by atoms with Crippen LogP contribution >= 0.6 is 0 Å². The molecule has 2 fully saturated rings. The fraction of sp³-hybridized carbons (Fsp3) is 0.667. The lowest BCUT2D eigenvalue weighted by Crippen LogP contribution is -2.58. The van der Waals surface area contributed by atoms with E-state index in [0.717, 1.165) is 32.1 Å². The first-order valence-electron chi connectivity index (χ1n) is 7.27. The van der Waals surface area contributed by atoms with Crippen molar-refractivity contribution < 1.29 is 4.74 Å². The summed E-state index contributed by atoms with van der Waals surface area (Å²) in [5.41, 5.74) is 1.58. The van der Waals surface area contributed by atoms with Crippen LogP contribution in [0.5, 0.6) is 5.88 Å². The molecule has 3 rings (SSSR count). The molecule has 104 valence electrons. The molecular weight excluding hydrogens is 238 g/mol. The third-order valence-electron chi connectivity index (χ3n) is 4.45. The van der Waals surface area contributed by atoms with Gasteiger partial charge in [-0.3, -0.25) is 4.90 Å². The molecule has 0 aromatic carbocycles. The standard InChI is InChI=1S/C15H23N3O/c1-19-14-13(5-4-8-16-14)11-18-10-9-17-15(12-18)6-2-3-7-15/h4-5,8,17H,2-3,6-7,9-12H2,1H3. The summed E-state index contributed by atoms with van der Waals surface area (Å²) in [5, 5.41) is 3.75. The fourth-order valence-corrected chi connectivity index (χ4v) is 3.53. The molecule has 19 heavy (non-hydrogen) atoms. The fourth-order valence-electron chi connectivity index (χ4n) is 3.53. The van der Waals surface area contributed by atoms with Crippen molar-refractivity contribution in [1.82, 2.24) is 15.2 Å². The third kappa shape index (κ3) is 2.74. The van der Waals surface area contributed by atoms with E-state index < -0.39 is 0 Å². The summed E-state index contributed by atoms with van der Waals surface area (Å²) in [6.07, 6.45) is 7.19. The number of ether oxygens (including phenoxy) is 1. The van der Waals surface area contributed by atoms with Crippen LogP contribution < -0.4 is 10.1 Å². The Bertz CT molecular complexity index is 429. The van der Waals surface area contributed by atoms with Gasteiger partial charge in [-0.25, -0.2) is 4.98 Å². The van der Waals surface area contributed by atoms with Crippen molar-refractivity contribution >= 4 is 0 Å². The largest absolute Gasteiger partial charge is 0.481 e. The highest BCUT2D eigenvalue weighted by molar-refractivity contribution is 5.25. The van der Waals surface area contributed by atoms with E-state index in [2.05, 4.69) is 21.3 Å². The van der Waals surface area contributed by atoms with Crippen LogP contribution in [0.4, 0.5) is 0 Å². The second kappa shape index (κ2) is 5.47. The number of hydrogen-bond acceptors (Lipinski definition) is 4. The molecule has 0 bridgehead atoms. The number of nitrogens with one attached hydrogen (secondary N) is 1. The molecule has 1 saturated carbocycles. The first-order chi connectivity index (χ1) is 9.31. The van der Waals surface area contributed by atoms with Crippen molar-refractivity contribution in [2.45, 2.75) is 37.8 Å². The van der Waals surface area contributed by atoms with Crippen molar-refractivity contribution in [1.29, 1.82) is 0 Å². The summed E-state index contributed by atoms with van der Waals surface area (Å²) in [4.78, 5) is 6.83. The Morgan fingerprint density at radius 3 is 3.05 bits per heavy atom. The van der Waals surface area contributed by atoms with Crippen LogP contribution in [0.3, 0.4) is 0 Å². The van der Waals surface area contributed by atoms with Gasteiger partial charge >= 0.3 is 0 Å². The molecule has 1 aliphatic heterocycles. The Morgan fingerprint density at radius 2 is 2.26 bits per heavy atom. The van der Waals surface area contributed by atoms with E-state index in [4.69, 9.17) is 4.74 Å². The molecule has 1 spiro atoms. The van der Waals surface area contributed by atoms with Crippen LogP contribution in [0, 0.1) is 0 Å². The summed E-state index contributed by atoms with van der Waals surface area (Å²) in [5.74, 6) is 0.765. The van der Waals surface area contributed by atoms with Crippen LogP contribution in [0.1, 0.15) is 31.2 Å². The normalized spacial score (nSPS) is 22.8. The molecule has 4 nitrogen and oxygen atoms in total. The molecule has 0 unspecified atom stereocenters. The van der Waals surface area contributed by atoms with Gasteiger partial charge in [-0.1, -0.05) is 18.9 Å². The smallest absolute Gasteiger partial charge is 0.217 e. The summed E-state index contributed by atoms with van der Waals surface area (Å²) in [6, 6.07) is 4.11. The van der Waals surface area contributed by atoms with Crippen LogP contribution in [-0.4, -0.2) is 42.2 Å². The molecule has 0 amide bonds. The summed E-state index contributed by atoms with van der Waals surface area (Å²) in [7, 11) is 1.70. The van der Waals surface area contributed by atoms with Gasteiger partial charge in [0.15, 0.2) is 0 Å². The van der Waals surface area contributed by atoms with Crippen LogP contribution in [-0.2, 0) is 6.54 Å². The number of rotatable bonds is 3. The third-order valence-corrected chi connectivity index (χ3v) is 4.45. The van der Waals surface area contributed by atoms with Gasteiger partial charge in [-0.15, -0.1) is 0 Å². The van der Waals surface area contributed by atoms with E-state index in [1.165, 1.54) is 31.2 Å². The summed E-state index contributed by atoms with van der Waals surface area (Å²) in [6.45, 7) is 4.31. The Labute approximate surface area is 115 Å². The van der Waals surface area contributed by atoms with Crippen LogP contribution in [0.15, 0.2) is 18.3 Å². The van der Waals surface area contributed by atoms with E-state index in [1.807, 2.05) is 6.07 Å². The number of aromatic nitrogens is 1. The highest BCUT2D eigenvalue weighted by atomic mass is 16.5. The zero-order valence-corrected chi connectivity index (χ0v) is 11.7. The molecule has 1 saturated heterocycles. The van der Waals surface area contributed by atoms with E-state index in [-0.39, 0.29) is 0 Å². The Hall–Kier alpha value is -1.13. The second-order valence-electron chi connectivity index (χ2n) is 5.80. The molecule has 2 aliphatic rings. The zero-order valence-electron chi connectivity index (χ0n) is 11.7. The van der Waals surface area contributed by atoms with Crippen molar-refractivity contribution in [3.8, 4) is 5.88 Å². The Morgan fingerprint density at radius 1 is 1.42 bits per heavy atom.